The summed E-state index contributed by atoms with van der Waals surface area (Å²) in [4.78, 5) is 28.3. The number of benzene rings is 2. The maximum atomic E-state index is 13.1. The minimum atomic E-state index is -0.379. The Balaban J connectivity index is 1.33. The quantitative estimate of drug-likeness (QED) is 0.441. The van der Waals surface area contributed by atoms with E-state index in [0.717, 1.165) is 55.8 Å². The molecule has 0 aliphatic carbocycles. The van der Waals surface area contributed by atoms with Crippen molar-refractivity contribution in [2.24, 2.45) is 11.7 Å². The van der Waals surface area contributed by atoms with Gasteiger partial charge >= 0.3 is 0 Å². The van der Waals surface area contributed by atoms with E-state index in [1.165, 1.54) is 0 Å². The van der Waals surface area contributed by atoms with Crippen LogP contribution in [0.4, 0.5) is 11.4 Å². The normalized spacial score (nSPS) is 19.4. The molecule has 0 radical (unpaired) electrons. The van der Waals surface area contributed by atoms with E-state index in [2.05, 4.69) is 21.6 Å². The van der Waals surface area contributed by atoms with Gasteiger partial charge in [-0.1, -0.05) is 40.9 Å². The Morgan fingerprint density at radius 3 is 2.47 bits per heavy atom. The van der Waals surface area contributed by atoms with Crippen LogP contribution in [0, 0.1) is 5.92 Å². The molecule has 0 saturated carbocycles. The van der Waals surface area contributed by atoms with Crippen LogP contribution in [0.1, 0.15) is 37.8 Å². The predicted octanol–water partition coefficient (Wildman–Crippen LogP) is 4.71. The third kappa shape index (κ3) is 6.57. The van der Waals surface area contributed by atoms with Crippen molar-refractivity contribution in [1.82, 2.24) is 10.2 Å². The van der Waals surface area contributed by atoms with Gasteiger partial charge in [0.1, 0.15) is 0 Å². The first-order valence-corrected chi connectivity index (χ1v) is 13.4. The molecule has 10 heteroatoms. The number of rotatable bonds is 8. The van der Waals surface area contributed by atoms with Crippen LogP contribution in [0.5, 0.6) is 0 Å². The number of hydrogen-bond acceptors (Lipinski definition) is 5. The average molecular weight is 553 g/mol. The van der Waals surface area contributed by atoms with Crippen molar-refractivity contribution in [3.05, 3.63) is 57.0 Å². The number of amides is 2. The van der Waals surface area contributed by atoms with E-state index in [0.29, 0.717) is 21.6 Å². The van der Waals surface area contributed by atoms with Gasteiger partial charge in [0.2, 0.25) is 11.8 Å². The number of primary amides is 1. The molecule has 2 aliphatic heterocycles. The summed E-state index contributed by atoms with van der Waals surface area (Å²) in [6, 6.07) is 11.5. The van der Waals surface area contributed by atoms with Gasteiger partial charge in [0, 0.05) is 53.9 Å². The number of carbonyl (C=O) groups is 2. The molecule has 0 aromatic heterocycles. The van der Waals surface area contributed by atoms with Crippen LogP contribution in [-0.4, -0.2) is 55.5 Å². The molecule has 0 spiro atoms. The fourth-order valence-electron chi connectivity index (χ4n) is 5.00. The minimum absolute atomic E-state index is 0.0214. The molecule has 36 heavy (non-hydrogen) atoms. The number of piperidine rings is 1. The van der Waals surface area contributed by atoms with Crippen molar-refractivity contribution in [3.63, 3.8) is 0 Å². The number of anilines is 2. The van der Waals surface area contributed by atoms with Gasteiger partial charge in [-0.25, -0.2) is 0 Å². The SMILES string of the molecule is C[C@@H](Nc1cc(N2CCC(C(=O)N3CCC(NCC(N)=O)C3)CC2)ccc1Cl)c1ccc(Cl)cc1Cl. The Kier molecular flexibility index (Phi) is 8.88. The van der Waals surface area contributed by atoms with E-state index >= 15 is 0 Å². The molecule has 2 heterocycles. The molecule has 1 unspecified atom stereocenters. The average Bonchev–Trinajstić information content (AvgIpc) is 3.33. The van der Waals surface area contributed by atoms with E-state index in [-0.39, 0.29) is 36.4 Å². The zero-order valence-corrected chi connectivity index (χ0v) is 22.5. The highest BCUT2D eigenvalue weighted by molar-refractivity contribution is 6.35. The molecule has 7 nitrogen and oxygen atoms in total. The van der Waals surface area contributed by atoms with Crippen molar-refractivity contribution in [1.29, 1.82) is 0 Å². The van der Waals surface area contributed by atoms with E-state index in [9.17, 15) is 9.59 Å². The molecule has 2 atom stereocenters. The fourth-order valence-corrected chi connectivity index (χ4v) is 5.74. The second kappa shape index (κ2) is 11.9. The Labute approximate surface area is 227 Å². The van der Waals surface area contributed by atoms with Crippen molar-refractivity contribution in [2.75, 3.05) is 42.9 Å². The van der Waals surface area contributed by atoms with Crippen LogP contribution >= 0.6 is 34.8 Å². The third-order valence-electron chi connectivity index (χ3n) is 7.03. The van der Waals surface area contributed by atoms with Crippen molar-refractivity contribution < 1.29 is 9.59 Å². The smallest absolute Gasteiger partial charge is 0.231 e. The van der Waals surface area contributed by atoms with Gasteiger partial charge in [-0.15, -0.1) is 0 Å². The molecule has 2 saturated heterocycles. The van der Waals surface area contributed by atoms with E-state index < -0.39 is 0 Å². The molecule has 194 valence electrons. The number of carbonyl (C=O) groups excluding carboxylic acids is 2. The van der Waals surface area contributed by atoms with Gasteiger partial charge in [0.25, 0.3) is 0 Å². The highest BCUT2D eigenvalue weighted by Gasteiger charge is 2.33. The van der Waals surface area contributed by atoms with Gasteiger partial charge in [-0.2, -0.15) is 0 Å². The Bertz CT molecular complexity index is 1110. The predicted molar refractivity (Wildman–Crippen MR) is 147 cm³/mol. The maximum absolute atomic E-state index is 13.1. The zero-order chi connectivity index (χ0) is 25.8. The van der Waals surface area contributed by atoms with E-state index in [1.807, 2.05) is 36.1 Å². The second-order valence-corrected chi connectivity index (χ2v) is 10.8. The number of hydrogen-bond donors (Lipinski definition) is 3. The van der Waals surface area contributed by atoms with Crippen LogP contribution in [-0.2, 0) is 9.59 Å². The lowest BCUT2D eigenvalue weighted by molar-refractivity contribution is -0.135. The van der Waals surface area contributed by atoms with Crippen molar-refractivity contribution in [2.45, 2.75) is 38.3 Å². The van der Waals surface area contributed by atoms with Gasteiger partial charge in [-0.05, 0) is 62.1 Å². The molecule has 2 aliphatic rings. The Morgan fingerprint density at radius 2 is 1.78 bits per heavy atom. The molecule has 2 amide bonds. The lowest BCUT2D eigenvalue weighted by atomic mass is 9.95. The first-order valence-electron chi connectivity index (χ1n) is 12.3. The van der Waals surface area contributed by atoms with Crippen LogP contribution in [0.25, 0.3) is 0 Å². The van der Waals surface area contributed by atoms with Gasteiger partial charge in [0.05, 0.1) is 23.3 Å². The molecule has 4 rings (SSSR count). The summed E-state index contributed by atoms with van der Waals surface area (Å²) in [5.74, 6) is -0.144. The van der Waals surface area contributed by atoms with E-state index in [4.69, 9.17) is 40.5 Å². The zero-order valence-electron chi connectivity index (χ0n) is 20.3. The summed E-state index contributed by atoms with van der Waals surface area (Å²) < 4.78 is 0. The standard InChI is InChI=1S/C26H32Cl3N5O2/c1-16(21-4-2-18(27)12-23(21)29)32-24-13-20(3-5-22(24)28)33-9-6-17(7-10-33)26(36)34-11-8-19(15-34)31-14-25(30)35/h2-5,12-13,16-17,19,31-32H,6-11,14-15H2,1H3,(H2,30,35)/t16-,19?/m1/s1. The highest BCUT2D eigenvalue weighted by atomic mass is 35.5. The monoisotopic (exact) mass is 551 g/mol. The van der Waals surface area contributed by atoms with Crippen LogP contribution in [0.2, 0.25) is 15.1 Å². The number of likely N-dealkylation sites (tertiary alicyclic amines) is 1. The largest absolute Gasteiger partial charge is 0.377 e. The lowest BCUT2D eigenvalue weighted by Gasteiger charge is -2.35. The molecule has 4 N–H and O–H groups in total. The summed E-state index contributed by atoms with van der Waals surface area (Å²) in [7, 11) is 0. The lowest BCUT2D eigenvalue weighted by Crippen LogP contribution is -2.43. The molecule has 2 fully saturated rings. The molecule has 2 aromatic rings. The summed E-state index contributed by atoms with van der Waals surface area (Å²) >= 11 is 18.9. The minimum Gasteiger partial charge on any atom is -0.377 e. The summed E-state index contributed by atoms with van der Waals surface area (Å²) in [6.07, 6.45) is 2.45. The maximum Gasteiger partial charge on any atom is 0.231 e. The summed E-state index contributed by atoms with van der Waals surface area (Å²) in [5.41, 5.74) is 8.05. The Hall–Kier alpha value is -2.19. The van der Waals surface area contributed by atoms with Crippen molar-refractivity contribution >= 4 is 58.0 Å². The first kappa shape index (κ1) is 26.9. The van der Waals surface area contributed by atoms with Crippen molar-refractivity contribution in [3.8, 4) is 0 Å². The van der Waals surface area contributed by atoms with Gasteiger partial charge in [0.15, 0.2) is 0 Å². The van der Waals surface area contributed by atoms with E-state index in [1.54, 1.807) is 6.07 Å². The van der Waals surface area contributed by atoms with Gasteiger partial charge in [-0.3, -0.25) is 9.59 Å². The van der Waals surface area contributed by atoms with Crippen LogP contribution in [0.15, 0.2) is 36.4 Å². The molecule has 0 bridgehead atoms. The van der Waals surface area contributed by atoms with Gasteiger partial charge < -0.3 is 26.2 Å². The second-order valence-electron chi connectivity index (χ2n) is 9.57. The molecular weight excluding hydrogens is 521 g/mol. The number of nitrogens with zero attached hydrogens (tertiary/aromatic N) is 2. The Morgan fingerprint density at radius 1 is 1.03 bits per heavy atom. The topological polar surface area (TPSA) is 90.7 Å². The highest BCUT2D eigenvalue weighted by Crippen LogP contribution is 2.34. The van der Waals surface area contributed by atoms with Crippen LogP contribution in [0.3, 0.4) is 0 Å². The molecular formula is C26H32Cl3N5O2. The summed E-state index contributed by atoms with van der Waals surface area (Å²) in [6.45, 7) is 5.13. The number of nitrogens with one attached hydrogen (secondary N) is 2. The summed E-state index contributed by atoms with van der Waals surface area (Å²) in [5, 5.41) is 8.44. The molecule has 2 aromatic carbocycles. The fraction of sp³-hybridized carbons (Fsp3) is 0.462. The third-order valence-corrected chi connectivity index (χ3v) is 7.92. The first-order chi connectivity index (χ1) is 17.2. The number of nitrogens with two attached hydrogens (primary N) is 1. The van der Waals surface area contributed by atoms with Crippen LogP contribution < -0.4 is 21.3 Å². The number of halogens is 3.